The van der Waals surface area contributed by atoms with Crippen molar-refractivity contribution in [1.29, 1.82) is 0 Å². The normalized spacial score (nSPS) is 16.6. The standard InChI is InChI=1S/C19H24N2O3S/c1-25(23,24)18-11-9-15(10-12-18)19-14-16(6-5-13-22)20-21(19)17-7-3-2-4-8-17/h5-6,9-12,14,17,22H,2-4,7-8,13H2,1H3. The Hall–Kier alpha value is -1.92. The lowest BCUT2D eigenvalue weighted by molar-refractivity contribution is 0.332. The number of nitrogens with zero attached hydrogens (tertiary/aromatic N) is 2. The van der Waals surface area contributed by atoms with E-state index in [1.165, 1.54) is 25.5 Å². The maximum atomic E-state index is 11.7. The summed E-state index contributed by atoms with van der Waals surface area (Å²) in [7, 11) is -3.20. The molecule has 2 aromatic rings. The second kappa shape index (κ2) is 7.54. The van der Waals surface area contributed by atoms with Crippen LogP contribution >= 0.6 is 0 Å². The summed E-state index contributed by atoms with van der Waals surface area (Å²) in [6.07, 6.45) is 10.6. The van der Waals surface area contributed by atoms with E-state index in [0.29, 0.717) is 10.9 Å². The Morgan fingerprint density at radius 1 is 1.20 bits per heavy atom. The molecule has 1 heterocycles. The second-order valence-corrected chi connectivity index (χ2v) is 8.59. The Labute approximate surface area is 148 Å². The number of hydrogen-bond donors (Lipinski definition) is 1. The number of hydrogen-bond acceptors (Lipinski definition) is 4. The molecule has 1 aliphatic carbocycles. The highest BCUT2D eigenvalue weighted by Gasteiger charge is 2.20. The van der Waals surface area contributed by atoms with Gasteiger partial charge in [0.25, 0.3) is 0 Å². The minimum Gasteiger partial charge on any atom is -0.392 e. The fourth-order valence-corrected chi connectivity index (χ4v) is 3.99. The molecule has 0 unspecified atom stereocenters. The monoisotopic (exact) mass is 360 g/mol. The molecule has 1 fully saturated rings. The molecule has 1 N–H and O–H groups in total. The Morgan fingerprint density at radius 3 is 2.48 bits per heavy atom. The molecule has 0 spiro atoms. The smallest absolute Gasteiger partial charge is 0.175 e. The third kappa shape index (κ3) is 4.19. The van der Waals surface area contributed by atoms with Gasteiger partial charge >= 0.3 is 0 Å². The molecule has 25 heavy (non-hydrogen) atoms. The van der Waals surface area contributed by atoms with E-state index < -0.39 is 9.84 Å². The molecule has 0 atom stereocenters. The maximum absolute atomic E-state index is 11.7. The van der Waals surface area contributed by atoms with Gasteiger partial charge in [-0.1, -0.05) is 37.5 Å². The van der Waals surface area contributed by atoms with Crippen molar-refractivity contribution in [2.45, 2.75) is 43.0 Å². The Morgan fingerprint density at radius 2 is 1.88 bits per heavy atom. The van der Waals surface area contributed by atoms with E-state index in [1.54, 1.807) is 18.2 Å². The highest BCUT2D eigenvalue weighted by atomic mass is 32.2. The summed E-state index contributed by atoms with van der Waals surface area (Å²) in [5, 5.41) is 13.7. The number of rotatable bonds is 5. The fourth-order valence-electron chi connectivity index (χ4n) is 3.36. The first-order valence-electron chi connectivity index (χ1n) is 8.66. The van der Waals surface area contributed by atoms with E-state index in [4.69, 9.17) is 10.2 Å². The first kappa shape index (κ1) is 17.9. The van der Waals surface area contributed by atoms with Gasteiger partial charge in [-0.05, 0) is 42.7 Å². The van der Waals surface area contributed by atoms with Crippen LogP contribution in [0, 0.1) is 0 Å². The van der Waals surface area contributed by atoms with E-state index in [0.717, 1.165) is 29.8 Å². The molecular weight excluding hydrogens is 336 g/mol. The van der Waals surface area contributed by atoms with Gasteiger partial charge in [0.2, 0.25) is 0 Å². The van der Waals surface area contributed by atoms with Gasteiger partial charge in [-0.25, -0.2) is 8.42 Å². The van der Waals surface area contributed by atoms with Crippen LogP contribution in [0.25, 0.3) is 17.3 Å². The van der Waals surface area contributed by atoms with Crippen LogP contribution in [0.1, 0.15) is 43.8 Å². The number of aliphatic hydroxyl groups excluding tert-OH is 1. The Balaban J connectivity index is 2.00. The average Bonchev–Trinajstić information content (AvgIpc) is 3.04. The Bertz CT molecular complexity index is 845. The van der Waals surface area contributed by atoms with Gasteiger partial charge in [0.15, 0.2) is 9.84 Å². The van der Waals surface area contributed by atoms with Gasteiger partial charge in [-0.2, -0.15) is 5.10 Å². The van der Waals surface area contributed by atoms with Gasteiger partial charge in [-0.15, -0.1) is 0 Å². The van der Waals surface area contributed by atoms with Crippen molar-refractivity contribution >= 4 is 15.9 Å². The summed E-state index contributed by atoms with van der Waals surface area (Å²) >= 11 is 0. The third-order valence-electron chi connectivity index (χ3n) is 4.65. The number of aromatic nitrogens is 2. The number of benzene rings is 1. The molecule has 1 aromatic carbocycles. The quantitative estimate of drug-likeness (QED) is 0.886. The molecule has 0 amide bonds. The largest absolute Gasteiger partial charge is 0.392 e. The van der Waals surface area contributed by atoms with E-state index in [2.05, 4.69) is 4.68 Å². The van der Waals surface area contributed by atoms with Crippen LogP contribution in [-0.2, 0) is 9.84 Å². The first-order chi connectivity index (χ1) is 12.0. The zero-order valence-electron chi connectivity index (χ0n) is 14.4. The summed E-state index contributed by atoms with van der Waals surface area (Å²) < 4.78 is 25.4. The van der Waals surface area contributed by atoms with Crippen LogP contribution in [0.5, 0.6) is 0 Å². The zero-order valence-corrected chi connectivity index (χ0v) is 15.2. The van der Waals surface area contributed by atoms with Crippen molar-refractivity contribution in [3.8, 4) is 11.3 Å². The van der Waals surface area contributed by atoms with Crippen molar-refractivity contribution in [2.24, 2.45) is 0 Å². The minimum atomic E-state index is -3.20. The highest BCUT2D eigenvalue weighted by Crippen LogP contribution is 2.33. The summed E-state index contributed by atoms with van der Waals surface area (Å²) in [6, 6.07) is 9.34. The van der Waals surface area contributed by atoms with Gasteiger partial charge in [0, 0.05) is 6.26 Å². The summed E-state index contributed by atoms with van der Waals surface area (Å²) in [5.41, 5.74) is 2.75. The number of sulfone groups is 1. The predicted molar refractivity (Wildman–Crippen MR) is 99.0 cm³/mol. The predicted octanol–water partition coefficient (Wildman–Crippen LogP) is 3.46. The van der Waals surface area contributed by atoms with E-state index in [9.17, 15) is 8.42 Å². The van der Waals surface area contributed by atoms with Crippen molar-refractivity contribution in [2.75, 3.05) is 12.9 Å². The lowest BCUT2D eigenvalue weighted by atomic mass is 9.95. The van der Waals surface area contributed by atoms with E-state index in [1.807, 2.05) is 24.3 Å². The first-order valence-corrected chi connectivity index (χ1v) is 10.6. The summed E-state index contributed by atoms with van der Waals surface area (Å²) in [4.78, 5) is 0.320. The van der Waals surface area contributed by atoms with E-state index in [-0.39, 0.29) is 6.61 Å². The van der Waals surface area contributed by atoms with Crippen molar-refractivity contribution in [3.63, 3.8) is 0 Å². The molecular formula is C19H24N2O3S. The molecule has 0 aliphatic heterocycles. The van der Waals surface area contributed by atoms with Crippen LogP contribution in [0.2, 0.25) is 0 Å². The molecule has 1 aromatic heterocycles. The van der Waals surface area contributed by atoms with Gasteiger partial charge < -0.3 is 5.11 Å². The van der Waals surface area contributed by atoms with E-state index >= 15 is 0 Å². The third-order valence-corrected chi connectivity index (χ3v) is 5.78. The number of aliphatic hydroxyl groups is 1. The van der Waals surface area contributed by atoms with Crippen LogP contribution in [-0.4, -0.2) is 36.2 Å². The molecule has 0 bridgehead atoms. The average molecular weight is 360 g/mol. The van der Waals surface area contributed by atoms with Gasteiger partial charge in [-0.3, -0.25) is 4.68 Å². The lowest BCUT2D eigenvalue weighted by Crippen LogP contribution is -2.15. The van der Waals surface area contributed by atoms with Crippen molar-refractivity contribution in [1.82, 2.24) is 9.78 Å². The van der Waals surface area contributed by atoms with Crippen LogP contribution in [0.4, 0.5) is 0 Å². The van der Waals surface area contributed by atoms with Crippen molar-refractivity contribution < 1.29 is 13.5 Å². The maximum Gasteiger partial charge on any atom is 0.175 e. The molecule has 1 aliphatic rings. The molecule has 6 heteroatoms. The molecule has 1 saturated carbocycles. The van der Waals surface area contributed by atoms with Crippen molar-refractivity contribution in [3.05, 3.63) is 42.1 Å². The van der Waals surface area contributed by atoms with Crippen LogP contribution in [0.15, 0.2) is 41.3 Å². The lowest BCUT2D eigenvalue weighted by Gasteiger charge is -2.24. The summed E-state index contributed by atoms with van der Waals surface area (Å²) in [5.74, 6) is 0. The SMILES string of the molecule is CS(=O)(=O)c1ccc(-c2cc(C=CCO)nn2C2CCCCC2)cc1. The zero-order chi connectivity index (χ0) is 17.9. The molecule has 5 nitrogen and oxygen atoms in total. The topological polar surface area (TPSA) is 72.2 Å². The van der Waals surface area contributed by atoms with Crippen LogP contribution in [0.3, 0.4) is 0 Å². The Kier molecular flexibility index (Phi) is 5.39. The highest BCUT2D eigenvalue weighted by molar-refractivity contribution is 7.90. The van der Waals surface area contributed by atoms with Crippen LogP contribution < -0.4 is 0 Å². The van der Waals surface area contributed by atoms with Gasteiger partial charge in [0.1, 0.15) is 0 Å². The molecule has 0 radical (unpaired) electrons. The molecule has 0 saturated heterocycles. The molecule has 134 valence electrons. The molecule has 3 rings (SSSR count). The van der Waals surface area contributed by atoms with Gasteiger partial charge in [0.05, 0.1) is 28.9 Å². The minimum absolute atomic E-state index is 0.0192. The summed E-state index contributed by atoms with van der Waals surface area (Å²) in [6.45, 7) is -0.0192. The second-order valence-electron chi connectivity index (χ2n) is 6.57. The fraction of sp³-hybridized carbons (Fsp3) is 0.421.